The number of hydrogen-bond donors (Lipinski definition) is 3. The Kier molecular flexibility index (Phi) is 2.76. The third-order valence-corrected chi connectivity index (χ3v) is 3.55. The maximum Gasteiger partial charge on any atom is 0.263 e. The second-order valence-electron chi connectivity index (χ2n) is 3.62. The largest absolute Gasteiger partial charge is 0.394 e. The van der Waals surface area contributed by atoms with Crippen LogP contribution in [-0.2, 0) is 10.0 Å². The van der Waals surface area contributed by atoms with Crippen LogP contribution in [0.25, 0.3) is 0 Å². The van der Waals surface area contributed by atoms with Gasteiger partial charge in [-0.1, -0.05) is 12.1 Å². The number of aromatic amines is 1. The molecule has 0 amide bonds. The number of rotatable bonds is 3. The molecule has 0 atom stereocenters. The summed E-state index contributed by atoms with van der Waals surface area (Å²) in [6.07, 6.45) is 1.34. The van der Waals surface area contributed by atoms with Gasteiger partial charge in [0.1, 0.15) is 0 Å². The molecular weight excluding hydrogens is 240 g/mol. The van der Waals surface area contributed by atoms with Gasteiger partial charge in [0.2, 0.25) is 0 Å². The van der Waals surface area contributed by atoms with E-state index in [2.05, 4.69) is 14.9 Å². The standard InChI is InChI=1S/C10H12N4O2S/c1-7-3-2-4-8(5-7)17(15,16)14-10-9(11)6-12-13-10/h2-6H,11H2,1H3,(H2,12,13,14). The zero-order valence-corrected chi connectivity index (χ0v) is 9.95. The van der Waals surface area contributed by atoms with Crippen LogP contribution in [-0.4, -0.2) is 18.6 Å². The smallest absolute Gasteiger partial charge is 0.263 e. The van der Waals surface area contributed by atoms with Gasteiger partial charge in [0, 0.05) is 0 Å². The van der Waals surface area contributed by atoms with Gasteiger partial charge in [-0.2, -0.15) is 5.10 Å². The molecule has 0 aliphatic carbocycles. The lowest BCUT2D eigenvalue weighted by atomic mass is 10.2. The van der Waals surface area contributed by atoms with Crippen molar-refractivity contribution in [3.8, 4) is 0 Å². The van der Waals surface area contributed by atoms with Crippen LogP contribution in [0.15, 0.2) is 35.4 Å². The van der Waals surface area contributed by atoms with Gasteiger partial charge in [0.15, 0.2) is 5.82 Å². The summed E-state index contributed by atoms with van der Waals surface area (Å²) in [4.78, 5) is 0.187. The van der Waals surface area contributed by atoms with E-state index in [1.807, 2.05) is 13.0 Å². The summed E-state index contributed by atoms with van der Waals surface area (Å²) in [5.41, 5.74) is 6.65. The molecule has 0 saturated heterocycles. The number of nitrogens with two attached hydrogens (primary N) is 1. The van der Waals surface area contributed by atoms with E-state index < -0.39 is 10.0 Å². The summed E-state index contributed by atoms with van der Waals surface area (Å²) in [6, 6.07) is 6.60. The summed E-state index contributed by atoms with van der Waals surface area (Å²) in [5.74, 6) is 0.173. The lowest BCUT2D eigenvalue weighted by Crippen LogP contribution is -2.14. The molecule has 90 valence electrons. The van der Waals surface area contributed by atoms with Crippen molar-refractivity contribution in [3.63, 3.8) is 0 Å². The van der Waals surface area contributed by atoms with Crippen LogP contribution >= 0.6 is 0 Å². The number of aryl methyl sites for hydroxylation is 1. The quantitative estimate of drug-likeness (QED) is 0.761. The molecule has 0 bridgehead atoms. The van der Waals surface area contributed by atoms with Crippen LogP contribution in [0.5, 0.6) is 0 Å². The average Bonchev–Trinajstić information content (AvgIpc) is 2.64. The summed E-state index contributed by atoms with van der Waals surface area (Å²) < 4.78 is 26.3. The van der Waals surface area contributed by atoms with E-state index in [-0.39, 0.29) is 16.4 Å². The maximum atomic E-state index is 12.0. The summed E-state index contributed by atoms with van der Waals surface area (Å²) in [5, 5.41) is 6.12. The van der Waals surface area contributed by atoms with Crippen molar-refractivity contribution >= 4 is 21.5 Å². The van der Waals surface area contributed by atoms with E-state index in [0.29, 0.717) is 0 Å². The number of aromatic nitrogens is 2. The van der Waals surface area contributed by atoms with Gasteiger partial charge in [-0.3, -0.25) is 9.82 Å². The molecule has 0 unspecified atom stereocenters. The van der Waals surface area contributed by atoms with E-state index in [0.717, 1.165) is 5.56 Å². The highest BCUT2D eigenvalue weighted by molar-refractivity contribution is 7.92. The molecule has 0 fully saturated rings. The molecule has 1 heterocycles. The number of anilines is 2. The van der Waals surface area contributed by atoms with Gasteiger partial charge in [-0.15, -0.1) is 0 Å². The van der Waals surface area contributed by atoms with Crippen molar-refractivity contribution in [2.45, 2.75) is 11.8 Å². The lowest BCUT2D eigenvalue weighted by molar-refractivity contribution is 0.601. The third kappa shape index (κ3) is 2.39. The van der Waals surface area contributed by atoms with Gasteiger partial charge >= 0.3 is 0 Å². The normalized spacial score (nSPS) is 11.4. The molecule has 6 nitrogen and oxygen atoms in total. The maximum absolute atomic E-state index is 12.0. The number of nitrogens with one attached hydrogen (secondary N) is 2. The first-order valence-corrected chi connectivity index (χ1v) is 6.36. The fraction of sp³-hybridized carbons (Fsp3) is 0.100. The third-order valence-electron chi connectivity index (χ3n) is 2.20. The number of sulfonamides is 1. The van der Waals surface area contributed by atoms with Gasteiger partial charge in [0.25, 0.3) is 10.0 Å². The fourth-order valence-electron chi connectivity index (χ4n) is 1.35. The van der Waals surface area contributed by atoms with Crippen LogP contribution in [0.3, 0.4) is 0 Å². The van der Waals surface area contributed by atoms with Gasteiger partial charge in [0.05, 0.1) is 16.8 Å². The lowest BCUT2D eigenvalue weighted by Gasteiger charge is -2.07. The Morgan fingerprint density at radius 3 is 2.76 bits per heavy atom. The van der Waals surface area contributed by atoms with Gasteiger partial charge in [-0.25, -0.2) is 8.42 Å². The van der Waals surface area contributed by atoms with Crippen LogP contribution in [0, 0.1) is 6.92 Å². The second-order valence-corrected chi connectivity index (χ2v) is 5.30. The monoisotopic (exact) mass is 252 g/mol. The number of nitrogens with zero attached hydrogens (tertiary/aromatic N) is 1. The van der Waals surface area contributed by atoms with Crippen molar-refractivity contribution in [2.75, 3.05) is 10.5 Å². The van der Waals surface area contributed by atoms with E-state index in [1.54, 1.807) is 12.1 Å². The van der Waals surface area contributed by atoms with Crippen molar-refractivity contribution in [2.24, 2.45) is 0 Å². The van der Waals surface area contributed by atoms with E-state index >= 15 is 0 Å². The van der Waals surface area contributed by atoms with Crippen LogP contribution in [0.4, 0.5) is 11.5 Å². The predicted molar refractivity (Wildman–Crippen MR) is 65.0 cm³/mol. The van der Waals surface area contributed by atoms with Crippen LogP contribution < -0.4 is 10.5 Å². The molecule has 17 heavy (non-hydrogen) atoms. The molecule has 0 aliphatic heterocycles. The Hall–Kier alpha value is -2.02. The SMILES string of the molecule is Cc1cccc(S(=O)(=O)Nc2[nH]ncc2N)c1. The summed E-state index contributed by atoms with van der Waals surface area (Å²) >= 11 is 0. The van der Waals surface area contributed by atoms with E-state index in [1.165, 1.54) is 12.3 Å². The zero-order chi connectivity index (χ0) is 12.5. The van der Waals surface area contributed by atoms with E-state index in [4.69, 9.17) is 5.73 Å². The highest BCUT2D eigenvalue weighted by atomic mass is 32.2. The Bertz CT molecular complexity index is 633. The number of benzene rings is 1. The Labute approximate surface area is 98.9 Å². The highest BCUT2D eigenvalue weighted by Crippen LogP contribution is 2.19. The van der Waals surface area contributed by atoms with E-state index in [9.17, 15) is 8.42 Å². The fourth-order valence-corrected chi connectivity index (χ4v) is 2.50. The molecule has 0 spiro atoms. The molecular formula is C10H12N4O2S. The molecule has 2 rings (SSSR count). The molecule has 2 aromatic rings. The molecule has 1 aromatic heterocycles. The molecule has 0 aliphatic rings. The van der Waals surface area contributed by atoms with Crippen LogP contribution in [0.2, 0.25) is 0 Å². The minimum atomic E-state index is -3.63. The topological polar surface area (TPSA) is 101 Å². The molecule has 7 heteroatoms. The first kappa shape index (κ1) is 11.5. The number of nitrogen functional groups attached to an aromatic ring is 1. The summed E-state index contributed by atoms with van der Waals surface area (Å²) in [6.45, 7) is 1.82. The van der Waals surface area contributed by atoms with Gasteiger partial charge in [-0.05, 0) is 24.6 Å². The van der Waals surface area contributed by atoms with Crippen molar-refractivity contribution in [3.05, 3.63) is 36.0 Å². The van der Waals surface area contributed by atoms with Crippen molar-refractivity contribution < 1.29 is 8.42 Å². The molecule has 1 aromatic carbocycles. The second kappa shape index (κ2) is 4.10. The molecule has 4 N–H and O–H groups in total. The predicted octanol–water partition coefficient (Wildman–Crippen LogP) is 1.10. The zero-order valence-electron chi connectivity index (χ0n) is 9.14. The Morgan fingerprint density at radius 2 is 2.18 bits per heavy atom. The minimum Gasteiger partial charge on any atom is -0.394 e. The Balaban J connectivity index is 2.35. The minimum absolute atomic E-state index is 0.173. The van der Waals surface area contributed by atoms with Gasteiger partial charge < -0.3 is 5.73 Å². The molecule has 0 radical (unpaired) electrons. The average molecular weight is 252 g/mol. The summed E-state index contributed by atoms with van der Waals surface area (Å²) in [7, 11) is -3.63. The first-order valence-electron chi connectivity index (χ1n) is 4.87. The van der Waals surface area contributed by atoms with Crippen molar-refractivity contribution in [1.29, 1.82) is 0 Å². The van der Waals surface area contributed by atoms with Crippen LogP contribution in [0.1, 0.15) is 5.56 Å². The van der Waals surface area contributed by atoms with Crippen molar-refractivity contribution in [1.82, 2.24) is 10.2 Å². The highest BCUT2D eigenvalue weighted by Gasteiger charge is 2.16. The first-order chi connectivity index (χ1) is 7.99. The Morgan fingerprint density at radius 1 is 1.41 bits per heavy atom. The number of hydrogen-bond acceptors (Lipinski definition) is 4. The number of H-pyrrole nitrogens is 1. The molecule has 0 saturated carbocycles.